The Morgan fingerprint density at radius 2 is 1.70 bits per heavy atom. The molecule has 23 heavy (non-hydrogen) atoms. The van der Waals surface area contributed by atoms with Crippen molar-refractivity contribution < 1.29 is 4.79 Å². The van der Waals surface area contributed by atoms with Crippen LogP contribution < -0.4 is 11.3 Å². The fourth-order valence-electron chi connectivity index (χ4n) is 2.21. The van der Waals surface area contributed by atoms with E-state index in [0.29, 0.717) is 11.3 Å². The van der Waals surface area contributed by atoms with Gasteiger partial charge >= 0.3 is 0 Å². The zero-order valence-electron chi connectivity index (χ0n) is 11.3. The maximum atomic E-state index is 12.1. The first-order valence-corrected chi connectivity index (χ1v) is 7.79. The van der Waals surface area contributed by atoms with E-state index >= 15 is 0 Å². The number of fused-ring (bicyclic) bond motifs is 1. The lowest BCUT2D eigenvalue weighted by Crippen LogP contribution is -2.31. The van der Waals surface area contributed by atoms with E-state index in [1.54, 1.807) is 0 Å². The molecule has 0 atom stereocenters. The predicted octanol–water partition coefficient (Wildman–Crippen LogP) is 4.45. The van der Waals surface area contributed by atoms with Crippen LogP contribution in [0, 0.1) is 0 Å². The van der Waals surface area contributed by atoms with Crippen LogP contribution in [0.4, 0.5) is 0 Å². The van der Waals surface area contributed by atoms with Crippen molar-refractivity contribution in [3.8, 4) is 11.4 Å². The molecule has 0 bridgehead atoms. The fourth-order valence-corrected chi connectivity index (χ4v) is 3.24. The van der Waals surface area contributed by atoms with Crippen molar-refractivity contribution >= 4 is 63.3 Å². The summed E-state index contributed by atoms with van der Waals surface area (Å²) in [6.07, 6.45) is 0. The molecular weight excluding hydrogens is 382 g/mol. The molecular formula is C14H8Cl4N4O. The monoisotopic (exact) mass is 388 g/mol. The zero-order chi connectivity index (χ0) is 16.7. The highest BCUT2D eigenvalue weighted by Gasteiger charge is 2.27. The number of aromatic nitrogens is 2. The lowest BCUT2D eigenvalue weighted by molar-refractivity contribution is 0.0954. The molecule has 0 saturated heterocycles. The van der Waals surface area contributed by atoms with E-state index < -0.39 is 5.91 Å². The maximum absolute atomic E-state index is 12.1. The number of carbonyl (C=O) groups is 1. The van der Waals surface area contributed by atoms with Crippen LogP contribution in [0.5, 0.6) is 0 Å². The molecule has 3 rings (SSSR count). The van der Waals surface area contributed by atoms with Gasteiger partial charge in [0.2, 0.25) is 0 Å². The minimum Gasteiger partial charge on any atom is -0.338 e. The Morgan fingerprint density at radius 1 is 1.04 bits per heavy atom. The molecule has 5 nitrogen and oxygen atoms in total. The second kappa shape index (κ2) is 6.19. The van der Waals surface area contributed by atoms with Gasteiger partial charge in [-0.1, -0.05) is 58.5 Å². The van der Waals surface area contributed by atoms with Crippen LogP contribution in [0.15, 0.2) is 24.3 Å². The first-order chi connectivity index (χ1) is 11.0. The molecule has 0 saturated carbocycles. The number of hydrazine groups is 1. The lowest BCUT2D eigenvalue weighted by Gasteiger charge is -2.13. The summed E-state index contributed by atoms with van der Waals surface area (Å²) in [5.41, 5.74) is 3.69. The normalized spacial score (nSPS) is 11.0. The number of nitrogens with zero attached hydrogens (tertiary/aromatic N) is 1. The van der Waals surface area contributed by atoms with Crippen molar-refractivity contribution in [2.75, 3.05) is 0 Å². The largest absolute Gasteiger partial charge is 0.338 e. The number of benzene rings is 2. The molecule has 4 N–H and O–H groups in total. The number of amides is 1. The number of para-hydroxylation sites is 2. The van der Waals surface area contributed by atoms with Gasteiger partial charge in [0, 0.05) is 0 Å². The molecule has 118 valence electrons. The highest BCUT2D eigenvalue weighted by Crippen LogP contribution is 2.45. The average molecular weight is 390 g/mol. The van der Waals surface area contributed by atoms with Crippen molar-refractivity contribution in [2.24, 2.45) is 5.84 Å². The van der Waals surface area contributed by atoms with Crippen LogP contribution >= 0.6 is 46.4 Å². The molecule has 0 spiro atoms. The van der Waals surface area contributed by atoms with E-state index in [1.165, 1.54) is 0 Å². The van der Waals surface area contributed by atoms with Crippen molar-refractivity contribution in [1.82, 2.24) is 15.4 Å². The van der Waals surface area contributed by atoms with Crippen LogP contribution in [0.3, 0.4) is 0 Å². The van der Waals surface area contributed by atoms with Crippen molar-refractivity contribution in [2.45, 2.75) is 0 Å². The number of nitrogens with two attached hydrogens (primary N) is 1. The molecule has 0 aliphatic heterocycles. The molecule has 1 heterocycles. The molecule has 0 radical (unpaired) electrons. The molecule has 9 heteroatoms. The summed E-state index contributed by atoms with van der Waals surface area (Å²) >= 11 is 24.6. The fraction of sp³-hybridized carbons (Fsp3) is 0. The Morgan fingerprint density at radius 3 is 2.35 bits per heavy atom. The molecule has 0 fully saturated rings. The van der Waals surface area contributed by atoms with Crippen LogP contribution in [-0.2, 0) is 0 Å². The molecule has 0 aliphatic rings. The molecule has 1 aromatic heterocycles. The van der Waals surface area contributed by atoms with E-state index in [2.05, 4.69) is 9.97 Å². The van der Waals surface area contributed by atoms with Crippen molar-refractivity contribution in [1.29, 1.82) is 0 Å². The van der Waals surface area contributed by atoms with Crippen LogP contribution in [-0.4, -0.2) is 15.9 Å². The minimum absolute atomic E-state index is 0.00683. The first kappa shape index (κ1) is 16.4. The van der Waals surface area contributed by atoms with Gasteiger partial charge in [0.05, 0.1) is 42.3 Å². The smallest absolute Gasteiger partial charge is 0.267 e. The molecule has 0 unspecified atom stereocenters. The Hall–Kier alpha value is -1.50. The third kappa shape index (κ3) is 2.65. The topological polar surface area (TPSA) is 83.8 Å². The Bertz CT molecular complexity index is 905. The summed E-state index contributed by atoms with van der Waals surface area (Å²) in [5, 5.41) is -0.00245. The van der Waals surface area contributed by atoms with Gasteiger partial charge in [-0.05, 0) is 12.1 Å². The SMILES string of the molecule is NNC(=O)c1c(Cl)c(Cl)c(Cl)c(Cl)c1-c1nc2ccccc2[nH]1. The summed E-state index contributed by atoms with van der Waals surface area (Å²) in [5.74, 6) is 4.89. The summed E-state index contributed by atoms with van der Waals surface area (Å²) in [7, 11) is 0. The molecule has 3 aromatic rings. The number of hydrogen-bond donors (Lipinski definition) is 3. The second-order valence-corrected chi connectivity index (χ2v) is 6.09. The highest BCUT2D eigenvalue weighted by atomic mass is 35.5. The number of halogens is 4. The third-order valence-corrected chi connectivity index (χ3v) is 5.05. The van der Waals surface area contributed by atoms with Gasteiger partial charge in [-0.2, -0.15) is 0 Å². The second-order valence-electron chi connectivity index (χ2n) is 4.58. The van der Waals surface area contributed by atoms with E-state index in [0.717, 1.165) is 5.52 Å². The van der Waals surface area contributed by atoms with Crippen LogP contribution in [0.25, 0.3) is 22.4 Å². The standard InChI is InChI=1S/C14H8Cl4N4O/c15-9-7(13-20-5-3-1-2-4-6(5)21-13)8(14(23)22-19)10(16)12(18)11(9)17/h1-4H,19H2,(H,20,21)(H,22,23). The predicted molar refractivity (Wildman–Crippen MR) is 93.2 cm³/mol. The number of nitrogens with one attached hydrogen (secondary N) is 2. The van der Waals surface area contributed by atoms with Gasteiger partial charge in [0.15, 0.2) is 0 Å². The maximum Gasteiger partial charge on any atom is 0.267 e. The minimum atomic E-state index is -0.661. The van der Waals surface area contributed by atoms with Gasteiger partial charge in [0.25, 0.3) is 5.91 Å². The number of aromatic amines is 1. The van der Waals surface area contributed by atoms with E-state index in [9.17, 15) is 4.79 Å². The van der Waals surface area contributed by atoms with Gasteiger partial charge in [0.1, 0.15) is 5.82 Å². The summed E-state index contributed by atoms with van der Waals surface area (Å²) < 4.78 is 0. The summed E-state index contributed by atoms with van der Waals surface area (Å²) in [6, 6.07) is 7.33. The Balaban J connectivity index is 2.39. The number of carbonyl (C=O) groups excluding carboxylic acids is 1. The summed E-state index contributed by atoms with van der Waals surface area (Å²) in [6.45, 7) is 0. The van der Waals surface area contributed by atoms with E-state index in [-0.39, 0.29) is 31.2 Å². The number of rotatable bonds is 2. The van der Waals surface area contributed by atoms with Crippen LogP contribution in [0.2, 0.25) is 20.1 Å². The molecule has 1 amide bonds. The average Bonchev–Trinajstić information content (AvgIpc) is 2.98. The first-order valence-electron chi connectivity index (χ1n) is 6.27. The quantitative estimate of drug-likeness (QED) is 0.199. The van der Waals surface area contributed by atoms with E-state index in [1.807, 2.05) is 29.7 Å². The molecule has 0 aliphatic carbocycles. The number of nitrogen functional groups attached to an aromatic ring is 1. The number of hydrogen-bond acceptors (Lipinski definition) is 3. The van der Waals surface area contributed by atoms with E-state index in [4.69, 9.17) is 52.2 Å². The molecule has 2 aromatic carbocycles. The van der Waals surface area contributed by atoms with Gasteiger partial charge in [-0.25, -0.2) is 10.8 Å². The Kier molecular flexibility index (Phi) is 4.40. The zero-order valence-corrected chi connectivity index (χ0v) is 14.3. The third-order valence-electron chi connectivity index (χ3n) is 3.25. The summed E-state index contributed by atoms with van der Waals surface area (Å²) in [4.78, 5) is 19.6. The van der Waals surface area contributed by atoms with Crippen molar-refractivity contribution in [3.05, 3.63) is 49.9 Å². The van der Waals surface area contributed by atoms with Gasteiger partial charge in [-0.15, -0.1) is 0 Å². The number of H-pyrrole nitrogens is 1. The Labute approximate surface area is 150 Å². The highest BCUT2D eigenvalue weighted by molar-refractivity contribution is 6.54. The van der Waals surface area contributed by atoms with Crippen LogP contribution in [0.1, 0.15) is 10.4 Å². The number of imidazole rings is 1. The van der Waals surface area contributed by atoms with Gasteiger partial charge in [-0.3, -0.25) is 10.2 Å². The van der Waals surface area contributed by atoms with Gasteiger partial charge < -0.3 is 4.98 Å². The lowest BCUT2D eigenvalue weighted by atomic mass is 10.1. The van der Waals surface area contributed by atoms with Crippen molar-refractivity contribution in [3.63, 3.8) is 0 Å².